The molecule has 0 fully saturated rings. The third-order valence-electron chi connectivity index (χ3n) is 1.46. The van der Waals surface area contributed by atoms with Crippen LogP contribution in [0.15, 0.2) is 12.5 Å². The molecule has 1 N–H and O–H groups in total. The van der Waals surface area contributed by atoms with Crippen LogP contribution < -0.4 is 5.06 Å². The van der Waals surface area contributed by atoms with Gasteiger partial charge in [-0.25, -0.2) is 9.97 Å². The molecule has 0 spiro atoms. The molecule has 4 heteroatoms. The number of aromatic nitrogens is 2. The first-order valence-electron chi connectivity index (χ1n) is 3.48. The highest BCUT2D eigenvalue weighted by Crippen LogP contribution is 2.12. The second-order valence-corrected chi connectivity index (χ2v) is 2.21. The second-order valence-electron chi connectivity index (χ2n) is 2.21. The van der Waals surface area contributed by atoms with E-state index in [2.05, 4.69) is 9.97 Å². The van der Waals surface area contributed by atoms with Crippen LogP contribution >= 0.6 is 0 Å². The number of nitrogens with zero attached hydrogens (tertiary/aromatic N) is 3. The number of hydrogen-bond donors (Lipinski definition) is 1. The molecule has 1 heterocycles. The first-order chi connectivity index (χ1) is 5.25. The van der Waals surface area contributed by atoms with Crippen LogP contribution in [0.2, 0.25) is 0 Å². The Bertz CT molecular complexity index is 239. The minimum Gasteiger partial charge on any atom is -0.288 e. The summed E-state index contributed by atoms with van der Waals surface area (Å²) in [5.74, 6) is 0. The van der Waals surface area contributed by atoms with Gasteiger partial charge >= 0.3 is 0 Å². The predicted molar refractivity (Wildman–Crippen MR) is 41.6 cm³/mol. The lowest BCUT2D eigenvalue weighted by Crippen LogP contribution is -2.18. The maximum absolute atomic E-state index is 9.26. The van der Waals surface area contributed by atoms with Crippen molar-refractivity contribution in [3.8, 4) is 0 Å². The number of hydrogen-bond acceptors (Lipinski definition) is 4. The Morgan fingerprint density at radius 1 is 1.64 bits per heavy atom. The van der Waals surface area contributed by atoms with E-state index in [1.165, 1.54) is 6.33 Å². The van der Waals surface area contributed by atoms with Gasteiger partial charge in [0.05, 0.1) is 11.9 Å². The molecule has 0 amide bonds. The molecule has 0 saturated carbocycles. The van der Waals surface area contributed by atoms with Crippen LogP contribution in [-0.2, 0) is 0 Å². The zero-order chi connectivity index (χ0) is 8.27. The molecule has 1 rings (SSSR count). The highest BCUT2D eigenvalue weighted by molar-refractivity contribution is 5.44. The van der Waals surface area contributed by atoms with Gasteiger partial charge < -0.3 is 0 Å². The smallest absolute Gasteiger partial charge is 0.115 e. The number of rotatable bonds is 2. The molecule has 11 heavy (non-hydrogen) atoms. The number of aryl methyl sites for hydroxylation is 1. The van der Waals surface area contributed by atoms with Crippen molar-refractivity contribution >= 4 is 5.69 Å². The van der Waals surface area contributed by atoms with E-state index in [0.29, 0.717) is 12.2 Å². The van der Waals surface area contributed by atoms with Crippen molar-refractivity contribution in [2.75, 3.05) is 11.6 Å². The minimum absolute atomic E-state index is 0.536. The Morgan fingerprint density at radius 2 is 2.36 bits per heavy atom. The Labute approximate surface area is 65.5 Å². The minimum atomic E-state index is 0.536. The van der Waals surface area contributed by atoms with Gasteiger partial charge in [0.2, 0.25) is 0 Å². The molecule has 0 aliphatic rings. The van der Waals surface area contributed by atoms with Crippen molar-refractivity contribution in [2.24, 2.45) is 0 Å². The van der Waals surface area contributed by atoms with Crippen molar-refractivity contribution in [1.29, 1.82) is 0 Å². The Morgan fingerprint density at radius 3 is 2.91 bits per heavy atom. The van der Waals surface area contributed by atoms with Gasteiger partial charge in [-0.1, -0.05) is 0 Å². The molecule has 0 radical (unpaired) electrons. The summed E-state index contributed by atoms with van der Waals surface area (Å²) in [4.78, 5) is 7.74. The van der Waals surface area contributed by atoms with Gasteiger partial charge in [-0.05, 0) is 13.8 Å². The molecular formula is C7H11N3O. The van der Waals surface area contributed by atoms with Crippen molar-refractivity contribution in [2.45, 2.75) is 13.8 Å². The van der Waals surface area contributed by atoms with E-state index in [0.717, 1.165) is 10.8 Å². The van der Waals surface area contributed by atoms with E-state index in [4.69, 9.17) is 0 Å². The van der Waals surface area contributed by atoms with Crippen LogP contribution in [0, 0.1) is 6.92 Å². The molecule has 0 aromatic carbocycles. The Kier molecular flexibility index (Phi) is 2.38. The van der Waals surface area contributed by atoms with Gasteiger partial charge in [0, 0.05) is 6.54 Å². The van der Waals surface area contributed by atoms with E-state index < -0.39 is 0 Å². The van der Waals surface area contributed by atoms with Gasteiger partial charge in [0.1, 0.15) is 12.0 Å². The van der Waals surface area contributed by atoms with Crippen LogP contribution in [0.3, 0.4) is 0 Å². The van der Waals surface area contributed by atoms with E-state index in [9.17, 15) is 5.21 Å². The lowest BCUT2D eigenvalue weighted by atomic mass is 10.3. The molecule has 0 aliphatic carbocycles. The first kappa shape index (κ1) is 7.94. The first-order valence-corrected chi connectivity index (χ1v) is 3.48. The maximum atomic E-state index is 9.26. The van der Waals surface area contributed by atoms with Crippen molar-refractivity contribution < 1.29 is 5.21 Å². The van der Waals surface area contributed by atoms with Gasteiger partial charge in [-0.2, -0.15) is 0 Å². The molecule has 1 aromatic rings. The molecule has 0 bridgehead atoms. The standard InChI is InChI=1S/C7H11N3O/c1-3-10(11)7-4-8-5-9-6(7)2/h4-5,11H,3H2,1-2H3. The molecule has 0 atom stereocenters. The van der Waals surface area contributed by atoms with E-state index in [1.54, 1.807) is 6.20 Å². The van der Waals surface area contributed by atoms with Crippen LogP contribution in [0.4, 0.5) is 5.69 Å². The highest BCUT2D eigenvalue weighted by atomic mass is 16.5. The molecule has 0 saturated heterocycles. The molecule has 1 aromatic heterocycles. The topological polar surface area (TPSA) is 49.2 Å². The average molecular weight is 153 g/mol. The van der Waals surface area contributed by atoms with Crippen LogP contribution in [-0.4, -0.2) is 21.7 Å². The Hall–Kier alpha value is -1.16. The quantitative estimate of drug-likeness (QED) is 0.644. The van der Waals surface area contributed by atoms with Crippen LogP contribution in [0.1, 0.15) is 12.6 Å². The van der Waals surface area contributed by atoms with E-state index in [-0.39, 0.29) is 0 Å². The van der Waals surface area contributed by atoms with E-state index >= 15 is 0 Å². The fraction of sp³-hybridized carbons (Fsp3) is 0.429. The van der Waals surface area contributed by atoms with Crippen molar-refractivity contribution in [3.63, 3.8) is 0 Å². The predicted octanol–water partition coefficient (Wildman–Crippen LogP) is 1.00. The number of hydroxylamine groups is 1. The monoisotopic (exact) mass is 153 g/mol. The van der Waals surface area contributed by atoms with Crippen LogP contribution in [0.25, 0.3) is 0 Å². The summed E-state index contributed by atoms with van der Waals surface area (Å²) in [6.07, 6.45) is 3.05. The molecule has 4 nitrogen and oxygen atoms in total. The van der Waals surface area contributed by atoms with Gasteiger partial charge in [0.15, 0.2) is 0 Å². The van der Waals surface area contributed by atoms with Crippen LogP contribution in [0.5, 0.6) is 0 Å². The zero-order valence-corrected chi connectivity index (χ0v) is 6.65. The Balaban J connectivity index is 2.93. The van der Waals surface area contributed by atoms with E-state index in [1.807, 2.05) is 13.8 Å². The third-order valence-corrected chi connectivity index (χ3v) is 1.46. The highest BCUT2D eigenvalue weighted by Gasteiger charge is 2.03. The largest absolute Gasteiger partial charge is 0.288 e. The summed E-state index contributed by atoms with van der Waals surface area (Å²) in [6, 6.07) is 0. The summed E-state index contributed by atoms with van der Waals surface area (Å²) < 4.78 is 0. The second kappa shape index (κ2) is 3.30. The lowest BCUT2D eigenvalue weighted by molar-refractivity contribution is 0.259. The number of anilines is 1. The lowest BCUT2D eigenvalue weighted by Gasteiger charge is -2.14. The average Bonchev–Trinajstić information content (AvgIpc) is 2.04. The summed E-state index contributed by atoms with van der Waals surface area (Å²) in [7, 11) is 0. The molecule has 60 valence electrons. The van der Waals surface area contributed by atoms with Crippen molar-refractivity contribution in [1.82, 2.24) is 9.97 Å². The fourth-order valence-corrected chi connectivity index (χ4v) is 0.807. The maximum Gasteiger partial charge on any atom is 0.115 e. The fourth-order valence-electron chi connectivity index (χ4n) is 0.807. The third kappa shape index (κ3) is 1.65. The molecule has 0 unspecified atom stereocenters. The summed E-state index contributed by atoms with van der Waals surface area (Å²) in [6.45, 7) is 4.22. The summed E-state index contributed by atoms with van der Waals surface area (Å²) in [5, 5.41) is 10.4. The molecule has 0 aliphatic heterocycles. The SMILES string of the molecule is CCN(O)c1cncnc1C. The summed E-state index contributed by atoms with van der Waals surface area (Å²) in [5.41, 5.74) is 1.44. The van der Waals surface area contributed by atoms with Crippen molar-refractivity contribution in [3.05, 3.63) is 18.2 Å². The van der Waals surface area contributed by atoms with Gasteiger partial charge in [0.25, 0.3) is 0 Å². The molecular weight excluding hydrogens is 142 g/mol. The van der Waals surface area contributed by atoms with Gasteiger partial charge in [-0.15, -0.1) is 0 Å². The summed E-state index contributed by atoms with van der Waals surface area (Å²) >= 11 is 0. The zero-order valence-electron chi connectivity index (χ0n) is 6.65. The van der Waals surface area contributed by atoms with Gasteiger partial charge in [-0.3, -0.25) is 10.3 Å². The normalized spacial score (nSPS) is 9.73.